The predicted octanol–water partition coefficient (Wildman–Crippen LogP) is 6.86. The summed E-state index contributed by atoms with van der Waals surface area (Å²) < 4.78 is 0. The Bertz CT molecular complexity index is 471. The largest absolute Gasteiger partial charge is 0.157 e. The van der Waals surface area contributed by atoms with Gasteiger partial charge in [-0.1, -0.05) is 107 Å². The summed E-state index contributed by atoms with van der Waals surface area (Å²) in [4.78, 5) is 0. The van der Waals surface area contributed by atoms with Crippen molar-refractivity contribution >= 4 is 7.28 Å². The van der Waals surface area contributed by atoms with Crippen LogP contribution in [-0.2, 0) is 0 Å². The highest BCUT2D eigenvalue weighted by Gasteiger charge is 2.13. The molecule has 0 aliphatic rings. The van der Waals surface area contributed by atoms with Crippen LogP contribution in [0.2, 0.25) is 5.31 Å². The van der Waals surface area contributed by atoms with Crippen LogP contribution in [0.4, 0.5) is 0 Å². The van der Waals surface area contributed by atoms with E-state index in [1.54, 1.807) is 0 Å². The van der Waals surface area contributed by atoms with Gasteiger partial charge in [-0.25, -0.2) is 0 Å². The predicted molar refractivity (Wildman–Crippen MR) is 104 cm³/mol. The maximum Gasteiger partial charge on any atom is 0.157 e. The summed E-state index contributed by atoms with van der Waals surface area (Å²) in [6.45, 7) is 21.6. The fraction of sp³-hybridized carbons (Fsp3) is 0.524. The third-order valence-electron chi connectivity index (χ3n) is 3.04. The Balaban J connectivity index is 4.92. The van der Waals surface area contributed by atoms with Crippen molar-refractivity contribution in [1.29, 1.82) is 0 Å². The molecule has 121 valence electrons. The summed E-state index contributed by atoms with van der Waals surface area (Å²) in [5.74, 6) is 0. The molecule has 0 saturated heterocycles. The smallest absolute Gasteiger partial charge is 0.0996 e. The monoisotopic (exact) mass is 297 g/mol. The van der Waals surface area contributed by atoms with Crippen molar-refractivity contribution in [3.63, 3.8) is 0 Å². The second kappa shape index (κ2) is 9.03. The van der Waals surface area contributed by atoms with Gasteiger partial charge in [-0.3, -0.25) is 0 Å². The quantitative estimate of drug-likeness (QED) is 0.371. The van der Waals surface area contributed by atoms with Gasteiger partial charge in [-0.05, 0) is 25.7 Å². The molecule has 0 nitrogen and oxygen atoms in total. The molecule has 0 aromatic rings. The molecule has 0 N–H and O–H groups in total. The lowest BCUT2D eigenvalue weighted by molar-refractivity contribution is 0.413. The van der Waals surface area contributed by atoms with Gasteiger partial charge in [0.25, 0.3) is 0 Å². The highest BCUT2D eigenvalue weighted by molar-refractivity contribution is 6.49. The SMILES string of the molecule is C=C\C([B]C(C)(C)C)=C/C=C(C)/C=C\C(=C/C)CC(C)(C)C. The van der Waals surface area contributed by atoms with Gasteiger partial charge in [-0.15, -0.1) is 0 Å². The minimum Gasteiger partial charge on any atom is -0.0996 e. The molecule has 0 amide bonds. The molecule has 0 spiro atoms. The molecule has 0 aliphatic heterocycles. The van der Waals surface area contributed by atoms with Crippen molar-refractivity contribution in [2.75, 3.05) is 0 Å². The summed E-state index contributed by atoms with van der Waals surface area (Å²) >= 11 is 0. The van der Waals surface area contributed by atoms with Crippen LogP contribution in [0.25, 0.3) is 0 Å². The molecule has 1 radical (unpaired) electrons. The van der Waals surface area contributed by atoms with E-state index in [1.165, 1.54) is 16.6 Å². The third-order valence-corrected chi connectivity index (χ3v) is 3.04. The van der Waals surface area contributed by atoms with Gasteiger partial charge in [0.15, 0.2) is 7.28 Å². The van der Waals surface area contributed by atoms with Crippen molar-refractivity contribution in [1.82, 2.24) is 0 Å². The molecule has 22 heavy (non-hydrogen) atoms. The van der Waals surface area contributed by atoms with Gasteiger partial charge >= 0.3 is 0 Å². The minimum atomic E-state index is 0.169. The van der Waals surface area contributed by atoms with E-state index in [0.29, 0.717) is 5.41 Å². The van der Waals surface area contributed by atoms with Crippen LogP contribution in [0.3, 0.4) is 0 Å². The molecule has 0 heterocycles. The lowest BCUT2D eigenvalue weighted by Crippen LogP contribution is -2.09. The molecule has 0 fully saturated rings. The fourth-order valence-electron chi connectivity index (χ4n) is 2.07. The van der Waals surface area contributed by atoms with Crippen LogP contribution in [-0.4, -0.2) is 7.28 Å². The van der Waals surface area contributed by atoms with Crippen molar-refractivity contribution < 1.29 is 0 Å². The molecule has 0 bridgehead atoms. The third kappa shape index (κ3) is 11.4. The highest BCUT2D eigenvalue weighted by atomic mass is 14.2. The second-order valence-electron chi connectivity index (χ2n) is 8.23. The van der Waals surface area contributed by atoms with Gasteiger partial charge in [0.05, 0.1) is 0 Å². The summed E-state index contributed by atoms with van der Waals surface area (Å²) in [6, 6.07) is 0. The van der Waals surface area contributed by atoms with E-state index in [9.17, 15) is 0 Å². The minimum absolute atomic E-state index is 0.169. The van der Waals surface area contributed by atoms with E-state index in [4.69, 9.17) is 0 Å². The van der Waals surface area contributed by atoms with E-state index in [2.05, 4.69) is 99.6 Å². The molecule has 0 unspecified atom stereocenters. The number of allylic oxidation sites excluding steroid dienone is 9. The maximum absolute atomic E-state index is 3.89. The Morgan fingerprint density at radius 3 is 2.00 bits per heavy atom. The van der Waals surface area contributed by atoms with Crippen molar-refractivity contribution in [3.05, 3.63) is 59.7 Å². The summed E-state index contributed by atoms with van der Waals surface area (Å²) in [7, 11) is 2.24. The van der Waals surface area contributed by atoms with Crippen LogP contribution in [0.1, 0.15) is 61.8 Å². The molecular weight excluding hydrogens is 263 g/mol. The normalized spacial score (nSPS) is 15.4. The van der Waals surface area contributed by atoms with Gasteiger partial charge in [-0.2, -0.15) is 0 Å². The maximum atomic E-state index is 3.89. The van der Waals surface area contributed by atoms with Crippen LogP contribution in [0.15, 0.2) is 59.7 Å². The van der Waals surface area contributed by atoms with Crippen LogP contribution < -0.4 is 0 Å². The zero-order valence-corrected chi connectivity index (χ0v) is 16.0. The average Bonchev–Trinajstić information content (AvgIpc) is 2.36. The Morgan fingerprint density at radius 2 is 1.59 bits per heavy atom. The molecule has 0 rings (SSSR count). The lowest BCUT2D eigenvalue weighted by Gasteiger charge is -2.18. The summed E-state index contributed by atoms with van der Waals surface area (Å²) in [6.07, 6.45) is 13.9. The standard InChI is InChI=1S/C21H34B/c1-10-18(16-20(4,5)6)14-12-17(3)13-15-19(11-2)22-21(7,8)9/h10-15H,2,16H2,1,3-9H3/b14-12-,17-13+,18-10+,19-15+. The molecule has 0 atom stereocenters. The van der Waals surface area contributed by atoms with E-state index in [1.807, 2.05) is 6.08 Å². The van der Waals surface area contributed by atoms with Gasteiger partial charge in [0.1, 0.15) is 0 Å². The van der Waals surface area contributed by atoms with E-state index in [-0.39, 0.29) is 5.31 Å². The Labute approximate surface area is 140 Å². The first-order chi connectivity index (χ1) is 9.96. The van der Waals surface area contributed by atoms with Crippen LogP contribution in [0, 0.1) is 5.41 Å². The molecule has 1 heteroatoms. The lowest BCUT2D eigenvalue weighted by atomic mass is 9.50. The molecule has 0 aromatic heterocycles. The van der Waals surface area contributed by atoms with Crippen molar-refractivity contribution in [2.45, 2.75) is 67.1 Å². The van der Waals surface area contributed by atoms with Gasteiger partial charge in [0.2, 0.25) is 0 Å². The fourth-order valence-corrected chi connectivity index (χ4v) is 2.07. The molecular formula is C21H34B. The van der Waals surface area contributed by atoms with E-state index >= 15 is 0 Å². The number of hydrogen-bond acceptors (Lipinski definition) is 0. The Kier molecular flexibility index (Phi) is 8.52. The Morgan fingerprint density at radius 1 is 1.00 bits per heavy atom. The second-order valence-corrected chi connectivity index (χ2v) is 8.23. The van der Waals surface area contributed by atoms with Crippen molar-refractivity contribution in [3.8, 4) is 0 Å². The van der Waals surface area contributed by atoms with Crippen LogP contribution in [0.5, 0.6) is 0 Å². The molecule has 0 aromatic carbocycles. The average molecular weight is 297 g/mol. The highest BCUT2D eigenvalue weighted by Crippen LogP contribution is 2.25. The topological polar surface area (TPSA) is 0 Å². The molecule has 0 saturated carbocycles. The van der Waals surface area contributed by atoms with Crippen molar-refractivity contribution in [2.24, 2.45) is 5.41 Å². The van der Waals surface area contributed by atoms with E-state index < -0.39 is 0 Å². The first-order valence-electron chi connectivity index (χ1n) is 8.17. The number of hydrogen-bond donors (Lipinski definition) is 0. The zero-order chi connectivity index (χ0) is 17.4. The summed E-state index contributed by atoms with van der Waals surface area (Å²) in [5.41, 5.74) is 4.12. The molecule has 0 aliphatic carbocycles. The first-order valence-corrected chi connectivity index (χ1v) is 8.17. The van der Waals surface area contributed by atoms with Gasteiger partial charge in [0, 0.05) is 0 Å². The number of rotatable bonds is 6. The summed E-state index contributed by atoms with van der Waals surface area (Å²) in [5, 5.41) is 0.169. The Hall–Kier alpha value is -1.24. The first kappa shape index (κ1) is 20.8. The van der Waals surface area contributed by atoms with Gasteiger partial charge < -0.3 is 0 Å². The van der Waals surface area contributed by atoms with Crippen LogP contribution >= 0.6 is 0 Å². The zero-order valence-electron chi connectivity index (χ0n) is 16.0. The van der Waals surface area contributed by atoms with E-state index in [0.717, 1.165) is 6.42 Å².